The van der Waals surface area contributed by atoms with Gasteiger partial charge in [0.15, 0.2) is 5.82 Å². The van der Waals surface area contributed by atoms with Gasteiger partial charge in [-0.25, -0.2) is 0 Å². The summed E-state index contributed by atoms with van der Waals surface area (Å²) < 4.78 is 2.07. The first-order valence-corrected chi connectivity index (χ1v) is 8.99. The Hall–Kier alpha value is -2.96. The number of likely N-dealkylation sites (tertiary alicyclic amines) is 1. The van der Waals surface area contributed by atoms with Gasteiger partial charge in [-0.1, -0.05) is 35.5 Å². The first kappa shape index (κ1) is 16.5. The SMILES string of the molecule is CC(Cc1ccccc1)n1cccc1C(=O)N1CCCC1c1nn[nH]n1. The number of aromatic nitrogens is 5. The van der Waals surface area contributed by atoms with Gasteiger partial charge in [-0.05, 0) is 43.9 Å². The lowest BCUT2D eigenvalue weighted by Crippen LogP contribution is -2.33. The Bertz CT molecular complexity index is 857. The van der Waals surface area contributed by atoms with Crippen molar-refractivity contribution in [1.29, 1.82) is 0 Å². The van der Waals surface area contributed by atoms with E-state index in [0.29, 0.717) is 11.5 Å². The summed E-state index contributed by atoms with van der Waals surface area (Å²) in [5, 5.41) is 14.3. The molecule has 2 unspecified atom stereocenters. The van der Waals surface area contributed by atoms with E-state index in [1.54, 1.807) is 0 Å². The van der Waals surface area contributed by atoms with Crippen LogP contribution in [-0.2, 0) is 6.42 Å². The number of nitrogens with one attached hydrogen (secondary N) is 1. The molecule has 1 amide bonds. The number of benzene rings is 1. The number of carbonyl (C=O) groups is 1. The van der Waals surface area contributed by atoms with Crippen molar-refractivity contribution in [2.75, 3.05) is 6.54 Å². The number of amides is 1. The summed E-state index contributed by atoms with van der Waals surface area (Å²) in [6, 6.07) is 14.3. The number of hydrogen-bond acceptors (Lipinski definition) is 4. The van der Waals surface area contributed by atoms with Gasteiger partial charge in [0.25, 0.3) is 5.91 Å². The number of hydrogen-bond donors (Lipinski definition) is 1. The number of aromatic amines is 1. The Kier molecular flexibility index (Phi) is 4.51. The predicted octanol–water partition coefficient (Wildman–Crippen LogP) is 2.78. The van der Waals surface area contributed by atoms with Crippen molar-refractivity contribution in [1.82, 2.24) is 30.1 Å². The number of rotatable bonds is 5. The van der Waals surface area contributed by atoms with Crippen molar-refractivity contribution in [2.45, 2.75) is 38.3 Å². The predicted molar refractivity (Wildman–Crippen MR) is 96.5 cm³/mol. The van der Waals surface area contributed by atoms with Gasteiger partial charge in [-0.2, -0.15) is 5.21 Å². The second-order valence-electron chi connectivity index (χ2n) is 6.77. The average Bonchev–Trinajstić information content (AvgIpc) is 3.42. The van der Waals surface area contributed by atoms with Crippen LogP contribution in [0.25, 0.3) is 0 Å². The summed E-state index contributed by atoms with van der Waals surface area (Å²) in [5.74, 6) is 0.619. The maximum Gasteiger partial charge on any atom is 0.271 e. The molecule has 1 N–H and O–H groups in total. The topological polar surface area (TPSA) is 79.7 Å². The molecule has 0 radical (unpaired) electrons. The molecule has 1 aliphatic heterocycles. The Balaban J connectivity index is 1.55. The lowest BCUT2D eigenvalue weighted by molar-refractivity contribution is 0.0716. The molecule has 2 atom stereocenters. The third-order valence-electron chi connectivity index (χ3n) is 5.02. The maximum atomic E-state index is 13.2. The minimum atomic E-state index is -0.103. The van der Waals surface area contributed by atoms with E-state index >= 15 is 0 Å². The summed E-state index contributed by atoms with van der Waals surface area (Å²) in [6.45, 7) is 2.86. The zero-order chi connectivity index (χ0) is 17.9. The molecule has 0 saturated carbocycles. The highest BCUT2D eigenvalue weighted by Gasteiger charge is 2.34. The average molecular weight is 350 g/mol. The summed E-state index contributed by atoms with van der Waals surface area (Å²) in [4.78, 5) is 15.1. The number of nitrogens with zero attached hydrogens (tertiary/aromatic N) is 5. The monoisotopic (exact) mass is 350 g/mol. The Morgan fingerprint density at radius 2 is 2.12 bits per heavy atom. The summed E-state index contributed by atoms with van der Waals surface area (Å²) >= 11 is 0. The van der Waals surface area contributed by atoms with Crippen molar-refractivity contribution in [3.05, 3.63) is 65.7 Å². The number of carbonyl (C=O) groups excluding carboxylic acids is 1. The molecule has 0 bridgehead atoms. The van der Waals surface area contributed by atoms with Crippen LogP contribution in [0.1, 0.15) is 53.7 Å². The van der Waals surface area contributed by atoms with Crippen molar-refractivity contribution in [2.24, 2.45) is 0 Å². The molecule has 134 valence electrons. The van der Waals surface area contributed by atoms with Crippen molar-refractivity contribution in [3.63, 3.8) is 0 Å². The highest BCUT2D eigenvalue weighted by Crippen LogP contribution is 2.31. The molecule has 4 rings (SSSR count). The van der Waals surface area contributed by atoms with Gasteiger partial charge in [0, 0.05) is 18.8 Å². The van der Waals surface area contributed by atoms with Gasteiger partial charge in [0.1, 0.15) is 5.69 Å². The van der Waals surface area contributed by atoms with Crippen LogP contribution >= 0.6 is 0 Å². The minimum Gasteiger partial charge on any atom is -0.340 e. The van der Waals surface area contributed by atoms with Crippen molar-refractivity contribution < 1.29 is 4.79 Å². The van der Waals surface area contributed by atoms with Crippen LogP contribution in [-0.4, -0.2) is 42.5 Å². The van der Waals surface area contributed by atoms with Gasteiger partial charge in [0.05, 0.1) is 6.04 Å². The van der Waals surface area contributed by atoms with E-state index in [4.69, 9.17) is 0 Å². The molecule has 3 heterocycles. The third kappa shape index (κ3) is 3.12. The smallest absolute Gasteiger partial charge is 0.271 e. The Morgan fingerprint density at radius 3 is 2.88 bits per heavy atom. The zero-order valence-corrected chi connectivity index (χ0v) is 14.7. The lowest BCUT2D eigenvalue weighted by atomic mass is 10.1. The van der Waals surface area contributed by atoms with Crippen molar-refractivity contribution >= 4 is 5.91 Å². The first-order valence-electron chi connectivity index (χ1n) is 8.99. The van der Waals surface area contributed by atoms with Gasteiger partial charge in [-0.3, -0.25) is 4.79 Å². The maximum absolute atomic E-state index is 13.2. The Labute approximate surface area is 152 Å². The standard InChI is InChI=1S/C19H22N6O/c1-14(13-15-7-3-2-4-8-15)24-11-6-10-17(24)19(26)25-12-5-9-16(25)18-20-22-23-21-18/h2-4,6-8,10-11,14,16H,5,9,12-13H2,1H3,(H,20,21,22,23). The van der Waals surface area contributed by atoms with Crippen LogP contribution in [0.3, 0.4) is 0 Å². The van der Waals surface area contributed by atoms with E-state index in [0.717, 1.165) is 25.8 Å². The van der Waals surface area contributed by atoms with E-state index in [9.17, 15) is 4.79 Å². The van der Waals surface area contributed by atoms with Crippen LogP contribution in [0, 0.1) is 0 Å². The molecule has 2 aromatic heterocycles. The van der Waals surface area contributed by atoms with Crippen LogP contribution in [0.15, 0.2) is 48.7 Å². The molecule has 0 spiro atoms. The van der Waals surface area contributed by atoms with Crippen LogP contribution in [0.4, 0.5) is 0 Å². The van der Waals surface area contributed by atoms with Gasteiger partial charge in [-0.15, -0.1) is 10.2 Å². The Morgan fingerprint density at radius 1 is 1.27 bits per heavy atom. The van der Waals surface area contributed by atoms with E-state index in [1.165, 1.54) is 5.56 Å². The molecular weight excluding hydrogens is 328 g/mol. The fourth-order valence-electron chi connectivity index (χ4n) is 3.75. The first-order chi connectivity index (χ1) is 12.7. The van der Waals surface area contributed by atoms with Gasteiger partial charge in [0.2, 0.25) is 0 Å². The third-order valence-corrected chi connectivity index (χ3v) is 5.02. The fourth-order valence-corrected chi connectivity index (χ4v) is 3.75. The van der Waals surface area contributed by atoms with Crippen LogP contribution in [0.2, 0.25) is 0 Å². The molecule has 7 nitrogen and oxygen atoms in total. The lowest BCUT2D eigenvalue weighted by Gasteiger charge is -2.24. The highest BCUT2D eigenvalue weighted by atomic mass is 16.2. The molecule has 1 saturated heterocycles. The summed E-state index contributed by atoms with van der Waals surface area (Å²) in [7, 11) is 0. The molecule has 1 aliphatic rings. The fraction of sp³-hybridized carbons (Fsp3) is 0.368. The minimum absolute atomic E-state index is 0.0298. The quantitative estimate of drug-likeness (QED) is 0.767. The second-order valence-corrected chi connectivity index (χ2v) is 6.77. The molecule has 3 aromatic rings. The largest absolute Gasteiger partial charge is 0.340 e. The van der Waals surface area contributed by atoms with E-state index in [1.807, 2.05) is 41.4 Å². The highest BCUT2D eigenvalue weighted by molar-refractivity contribution is 5.93. The zero-order valence-electron chi connectivity index (χ0n) is 14.7. The second kappa shape index (κ2) is 7.11. The van der Waals surface area contributed by atoms with Crippen LogP contribution in [0.5, 0.6) is 0 Å². The molecular formula is C19H22N6O. The molecule has 7 heteroatoms. The van der Waals surface area contributed by atoms with Crippen LogP contribution < -0.4 is 0 Å². The molecule has 1 aromatic carbocycles. The molecule has 1 fully saturated rings. The number of H-pyrrole nitrogens is 1. The number of tetrazole rings is 1. The van der Waals surface area contributed by atoms with E-state index in [2.05, 4.69) is 44.2 Å². The van der Waals surface area contributed by atoms with Gasteiger partial charge >= 0.3 is 0 Å². The van der Waals surface area contributed by atoms with Crippen molar-refractivity contribution in [3.8, 4) is 0 Å². The summed E-state index contributed by atoms with van der Waals surface area (Å²) in [6.07, 6.45) is 4.68. The van der Waals surface area contributed by atoms with E-state index in [-0.39, 0.29) is 18.0 Å². The summed E-state index contributed by atoms with van der Waals surface area (Å²) in [5.41, 5.74) is 1.97. The van der Waals surface area contributed by atoms with E-state index < -0.39 is 0 Å². The molecule has 26 heavy (non-hydrogen) atoms. The normalized spacial score (nSPS) is 18.2. The molecule has 0 aliphatic carbocycles. The van der Waals surface area contributed by atoms with Gasteiger partial charge < -0.3 is 9.47 Å².